The Bertz CT molecular complexity index is 559. The summed E-state index contributed by atoms with van der Waals surface area (Å²) in [5.74, 6) is -0.186. The molecule has 0 radical (unpaired) electrons. The number of nitro benzene ring substituents is 1. The lowest BCUT2D eigenvalue weighted by atomic mass is 10.1. The van der Waals surface area contributed by atoms with Crippen LogP contribution in [0.1, 0.15) is 12.5 Å². The molecular formula is C12H10N2O3. The molecule has 1 amide bonds. The van der Waals surface area contributed by atoms with Gasteiger partial charge in [0.1, 0.15) is 0 Å². The van der Waals surface area contributed by atoms with Gasteiger partial charge in [-0.2, -0.15) is 0 Å². The van der Waals surface area contributed by atoms with E-state index in [2.05, 4.69) is 5.32 Å². The minimum atomic E-state index is -0.461. The highest BCUT2D eigenvalue weighted by atomic mass is 16.6. The van der Waals surface area contributed by atoms with Crippen molar-refractivity contribution in [3.8, 4) is 0 Å². The van der Waals surface area contributed by atoms with E-state index in [1.165, 1.54) is 12.1 Å². The third-order valence-corrected chi connectivity index (χ3v) is 2.35. The molecule has 0 atom stereocenters. The van der Waals surface area contributed by atoms with Crippen LogP contribution in [0.25, 0.3) is 6.08 Å². The van der Waals surface area contributed by atoms with Gasteiger partial charge in [0.15, 0.2) is 0 Å². The molecule has 1 heterocycles. The molecule has 5 nitrogen and oxygen atoms in total. The van der Waals surface area contributed by atoms with Crippen molar-refractivity contribution in [2.45, 2.75) is 6.92 Å². The predicted molar refractivity (Wildman–Crippen MR) is 63.0 cm³/mol. The number of allylic oxidation sites excluding steroid dienone is 1. The molecule has 1 aromatic carbocycles. The summed E-state index contributed by atoms with van der Waals surface area (Å²) in [5, 5.41) is 13.2. The molecule has 86 valence electrons. The van der Waals surface area contributed by atoms with Gasteiger partial charge in [-0.3, -0.25) is 14.9 Å². The Morgan fingerprint density at radius 2 is 2.18 bits per heavy atom. The normalized spacial score (nSPS) is 16.9. The van der Waals surface area contributed by atoms with Crippen molar-refractivity contribution in [3.63, 3.8) is 0 Å². The Hall–Kier alpha value is -2.43. The zero-order valence-electron chi connectivity index (χ0n) is 9.14. The average molecular weight is 230 g/mol. The van der Waals surface area contributed by atoms with E-state index in [0.717, 1.165) is 5.70 Å². The van der Waals surface area contributed by atoms with Crippen molar-refractivity contribution in [1.29, 1.82) is 0 Å². The van der Waals surface area contributed by atoms with E-state index >= 15 is 0 Å². The number of nitrogens with zero attached hydrogens (tertiary/aromatic N) is 1. The Morgan fingerprint density at radius 3 is 2.76 bits per heavy atom. The number of hydrogen-bond acceptors (Lipinski definition) is 3. The molecule has 1 aliphatic rings. The zero-order valence-corrected chi connectivity index (χ0v) is 9.14. The molecule has 0 saturated heterocycles. The molecule has 1 N–H and O–H groups in total. The molecule has 17 heavy (non-hydrogen) atoms. The first kappa shape index (κ1) is 11.1. The molecule has 2 rings (SSSR count). The quantitative estimate of drug-likeness (QED) is 0.480. The molecule has 0 saturated carbocycles. The fourth-order valence-electron chi connectivity index (χ4n) is 1.60. The second kappa shape index (κ2) is 4.21. The van der Waals surface area contributed by atoms with Gasteiger partial charge in [-0.05, 0) is 24.6 Å². The smallest absolute Gasteiger partial charge is 0.270 e. The Kier molecular flexibility index (Phi) is 2.74. The van der Waals surface area contributed by atoms with Gasteiger partial charge >= 0.3 is 0 Å². The maximum absolute atomic E-state index is 11.4. The van der Waals surface area contributed by atoms with Crippen LogP contribution in [0, 0.1) is 10.1 Å². The van der Waals surface area contributed by atoms with Crippen molar-refractivity contribution < 1.29 is 9.72 Å². The molecule has 0 bridgehead atoms. The van der Waals surface area contributed by atoms with E-state index < -0.39 is 4.92 Å². The van der Waals surface area contributed by atoms with Crippen LogP contribution in [0.3, 0.4) is 0 Å². The molecule has 0 aromatic heterocycles. The fraction of sp³-hybridized carbons (Fsp3) is 0.0833. The SMILES string of the molecule is CC1=CC(=Cc2cccc([N+](=O)[O-])c2)C(=O)N1. The molecule has 0 unspecified atom stereocenters. The highest BCUT2D eigenvalue weighted by Crippen LogP contribution is 2.18. The van der Waals surface area contributed by atoms with Gasteiger partial charge in [-0.15, -0.1) is 0 Å². The minimum absolute atomic E-state index is 0.0125. The van der Waals surface area contributed by atoms with Crippen LogP contribution in [0.15, 0.2) is 41.6 Å². The molecular weight excluding hydrogens is 220 g/mol. The first-order valence-electron chi connectivity index (χ1n) is 5.02. The summed E-state index contributed by atoms with van der Waals surface area (Å²) in [5.41, 5.74) is 1.92. The van der Waals surface area contributed by atoms with E-state index in [1.54, 1.807) is 31.2 Å². The summed E-state index contributed by atoms with van der Waals surface area (Å²) < 4.78 is 0. The Morgan fingerprint density at radius 1 is 1.41 bits per heavy atom. The summed E-state index contributed by atoms with van der Waals surface area (Å²) in [6.45, 7) is 1.78. The number of benzene rings is 1. The number of nitrogens with one attached hydrogen (secondary N) is 1. The third kappa shape index (κ3) is 2.39. The molecule has 1 aromatic rings. The third-order valence-electron chi connectivity index (χ3n) is 2.35. The van der Waals surface area contributed by atoms with Gasteiger partial charge in [0.25, 0.3) is 11.6 Å². The van der Waals surface area contributed by atoms with Gasteiger partial charge in [0.2, 0.25) is 0 Å². The van der Waals surface area contributed by atoms with Crippen molar-refractivity contribution in [1.82, 2.24) is 5.32 Å². The van der Waals surface area contributed by atoms with Gasteiger partial charge in [0, 0.05) is 23.4 Å². The van der Waals surface area contributed by atoms with Gasteiger partial charge < -0.3 is 5.32 Å². The number of carbonyl (C=O) groups excluding carboxylic acids is 1. The van der Waals surface area contributed by atoms with E-state index in [9.17, 15) is 14.9 Å². The first-order chi connectivity index (χ1) is 8.06. The number of hydrogen-bond donors (Lipinski definition) is 1. The van der Waals surface area contributed by atoms with Crippen LogP contribution < -0.4 is 5.32 Å². The molecule has 1 aliphatic heterocycles. The number of nitro groups is 1. The largest absolute Gasteiger partial charge is 0.326 e. The van der Waals surface area contributed by atoms with Crippen molar-refractivity contribution in [2.75, 3.05) is 0 Å². The number of non-ortho nitro benzene ring substituents is 1. The van der Waals surface area contributed by atoms with Crippen molar-refractivity contribution in [3.05, 3.63) is 57.3 Å². The van der Waals surface area contributed by atoms with Crippen LogP contribution in [0.5, 0.6) is 0 Å². The van der Waals surface area contributed by atoms with Crippen LogP contribution in [0.2, 0.25) is 0 Å². The maximum atomic E-state index is 11.4. The van der Waals surface area contributed by atoms with E-state index in [0.29, 0.717) is 11.1 Å². The van der Waals surface area contributed by atoms with Crippen LogP contribution in [0.4, 0.5) is 5.69 Å². The zero-order chi connectivity index (χ0) is 12.4. The van der Waals surface area contributed by atoms with Gasteiger partial charge in [0.05, 0.1) is 4.92 Å². The maximum Gasteiger partial charge on any atom is 0.270 e. The summed E-state index contributed by atoms with van der Waals surface area (Å²) in [4.78, 5) is 21.6. The topological polar surface area (TPSA) is 72.2 Å². The van der Waals surface area contributed by atoms with Gasteiger partial charge in [-0.1, -0.05) is 12.1 Å². The van der Waals surface area contributed by atoms with Crippen LogP contribution in [-0.2, 0) is 4.79 Å². The lowest BCUT2D eigenvalue weighted by Crippen LogP contribution is -2.14. The molecule has 0 fully saturated rings. The highest BCUT2D eigenvalue weighted by Gasteiger charge is 2.15. The van der Waals surface area contributed by atoms with Crippen molar-refractivity contribution in [2.24, 2.45) is 0 Å². The van der Waals surface area contributed by atoms with Crippen LogP contribution in [-0.4, -0.2) is 10.8 Å². The minimum Gasteiger partial charge on any atom is -0.326 e. The van der Waals surface area contributed by atoms with E-state index in [4.69, 9.17) is 0 Å². The molecule has 0 spiro atoms. The second-order valence-electron chi connectivity index (χ2n) is 3.73. The molecule has 0 aliphatic carbocycles. The van der Waals surface area contributed by atoms with Gasteiger partial charge in [-0.25, -0.2) is 0 Å². The number of rotatable bonds is 2. The van der Waals surface area contributed by atoms with E-state index in [1.807, 2.05) is 0 Å². The standard InChI is InChI=1S/C12H10N2O3/c1-8-5-10(12(15)13-8)6-9-3-2-4-11(7-9)14(16)17/h2-7H,1H3,(H,13,15). The van der Waals surface area contributed by atoms with E-state index in [-0.39, 0.29) is 11.6 Å². The monoisotopic (exact) mass is 230 g/mol. The number of amides is 1. The first-order valence-corrected chi connectivity index (χ1v) is 5.02. The highest BCUT2D eigenvalue weighted by molar-refractivity contribution is 6.04. The van der Waals surface area contributed by atoms with Crippen molar-refractivity contribution >= 4 is 17.7 Å². The Balaban J connectivity index is 2.36. The Labute approximate surface area is 97.6 Å². The lowest BCUT2D eigenvalue weighted by molar-refractivity contribution is -0.384. The lowest BCUT2D eigenvalue weighted by Gasteiger charge is -1.96. The summed E-state index contributed by atoms with van der Waals surface area (Å²) in [6, 6.07) is 6.16. The number of carbonyl (C=O) groups is 1. The fourth-order valence-corrected chi connectivity index (χ4v) is 1.60. The second-order valence-corrected chi connectivity index (χ2v) is 3.73. The average Bonchev–Trinajstić information content (AvgIpc) is 2.58. The molecule has 5 heteroatoms. The summed E-state index contributed by atoms with van der Waals surface area (Å²) >= 11 is 0. The predicted octanol–water partition coefficient (Wildman–Crippen LogP) is 2.01. The van der Waals surface area contributed by atoms with Crippen LogP contribution >= 0.6 is 0 Å². The summed E-state index contributed by atoms with van der Waals surface area (Å²) in [7, 11) is 0. The summed E-state index contributed by atoms with van der Waals surface area (Å²) in [6.07, 6.45) is 3.33.